The molecule has 3 aromatic carbocycles. The number of aryl methyl sites for hydroxylation is 1. The van der Waals surface area contributed by atoms with Crippen molar-refractivity contribution in [2.75, 3.05) is 19.0 Å². The number of ether oxygens (including phenoxy) is 2. The minimum atomic E-state index is -0.139. The van der Waals surface area contributed by atoms with E-state index in [2.05, 4.69) is 10.3 Å². The second kappa shape index (κ2) is 11.1. The summed E-state index contributed by atoms with van der Waals surface area (Å²) in [5.41, 5.74) is 4.37. The molecule has 1 heterocycles. The van der Waals surface area contributed by atoms with E-state index in [-0.39, 0.29) is 5.56 Å². The van der Waals surface area contributed by atoms with E-state index in [0.29, 0.717) is 30.4 Å². The van der Waals surface area contributed by atoms with Gasteiger partial charge in [0.05, 0.1) is 20.3 Å². The van der Waals surface area contributed by atoms with Crippen LogP contribution >= 0.6 is 12.2 Å². The van der Waals surface area contributed by atoms with Gasteiger partial charge in [0.15, 0.2) is 5.11 Å². The molecule has 4 rings (SSSR count). The predicted octanol–water partition coefficient (Wildman–Crippen LogP) is 5.64. The third-order valence-electron chi connectivity index (χ3n) is 5.69. The zero-order valence-electron chi connectivity index (χ0n) is 20.1. The Morgan fingerprint density at radius 3 is 2.37 bits per heavy atom. The van der Waals surface area contributed by atoms with E-state index >= 15 is 0 Å². The molecular weight excluding hydrogens is 458 g/mol. The van der Waals surface area contributed by atoms with Crippen molar-refractivity contribution in [3.63, 3.8) is 0 Å². The van der Waals surface area contributed by atoms with Crippen LogP contribution < -0.4 is 20.3 Å². The molecule has 0 aliphatic rings. The van der Waals surface area contributed by atoms with Gasteiger partial charge in [-0.2, -0.15) is 0 Å². The van der Waals surface area contributed by atoms with Crippen molar-refractivity contribution in [1.29, 1.82) is 0 Å². The number of aromatic amines is 1. The fourth-order valence-corrected chi connectivity index (χ4v) is 4.05. The number of benzene rings is 3. The van der Waals surface area contributed by atoms with Gasteiger partial charge < -0.3 is 24.7 Å². The van der Waals surface area contributed by atoms with Crippen molar-refractivity contribution in [3.05, 3.63) is 99.8 Å². The number of fused-ring (bicyclic) bond motifs is 1. The molecule has 7 heteroatoms. The zero-order chi connectivity index (χ0) is 24.8. The van der Waals surface area contributed by atoms with Gasteiger partial charge in [0.1, 0.15) is 11.5 Å². The highest BCUT2D eigenvalue weighted by Crippen LogP contribution is 2.21. The fourth-order valence-electron chi connectivity index (χ4n) is 3.80. The molecule has 6 nitrogen and oxygen atoms in total. The maximum atomic E-state index is 12.9. The SMILES string of the molecule is CCOc1ccc2[nH]c(=O)c(CN(Cc3ccc(OC)cc3)C(=S)Nc3ccc(C)cc3)cc2c1. The first-order valence-corrected chi connectivity index (χ1v) is 11.9. The minimum Gasteiger partial charge on any atom is -0.497 e. The number of nitrogens with zero attached hydrogens (tertiary/aromatic N) is 1. The molecule has 0 aliphatic carbocycles. The number of hydrogen-bond acceptors (Lipinski definition) is 4. The van der Waals surface area contributed by atoms with Crippen molar-refractivity contribution in [2.45, 2.75) is 26.9 Å². The van der Waals surface area contributed by atoms with Crippen molar-refractivity contribution in [3.8, 4) is 11.5 Å². The number of methoxy groups -OCH3 is 1. The highest BCUT2D eigenvalue weighted by molar-refractivity contribution is 7.80. The van der Waals surface area contributed by atoms with Gasteiger partial charge >= 0.3 is 0 Å². The Balaban J connectivity index is 1.64. The van der Waals surface area contributed by atoms with Crippen LogP contribution in [0.4, 0.5) is 5.69 Å². The number of hydrogen-bond donors (Lipinski definition) is 2. The molecule has 0 saturated heterocycles. The summed E-state index contributed by atoms with van der Waals surface area (Å²) in [4.78, 5) is 17.9. The van der Waals surface area contributed by atoms with Crippen LogP contribution in [0, 0.1) is 6.92 Å². The maximum absolute atomic E-state index is 12.9. The summed E-state index contributed by atoms with van der Waals surface area (Å²) in [7, 11) is 1.64. The molecule has 0 fully saturated rings. The quantitative estimate of drug-likeness (QED) is 0.314. The van der Waals surface area contributed by atoms with Crippen LogP contribution in [0.25, 0.3) is 10.9 Å². The first kappa shape index (κ1) is 24.3. The number of anilines is 1. The lowest BCUT2D eigenvalue weighted by molar-refractivity contribution is 0.340. The molecule has 0 bridgehead atoms. The van der Waals surface area contributed by atoms with E-state index in [0.717, 1.165) is 33.7 Å². The van der Waals surface area contributed by atoms with E-state index in [1.165, 1.54) is 5.56 Å². The summed E-state index contributed by atoms with van der Waals surface area (Å²) in [5.74, 6) is 1.56. The van der Waals surface area contributed by atoms with Gasteiger partial charge in [-0.05, 0) is 80.2 Å². The Bertz CT molecular complexity index is 1370. The van der Waals surface area contributed by atoms with Gasteiger partial charge in [0.2, 0.25) is 0 Å². The lowest BCUT2D eigenvalue weighted by atomic mass is 10.1. The summed E-state index contributed by atoms with van der Waals surface area (Å²) < 4.78 is 10.9. The molecule has 0 aliphatic heterocycles. The highest BCUT2D eigenvalue weighted by Gasteiger charge is 2.15. The van der Waals surface area contributed by atoms with E-state index in [1.54, 1.807) is 7.11 Å². The highest BCUT2D eigenvalue weighted by atomic mass is 32.1. The Morgan fingerprint density at radius 2 is 1.69 bits per heavy atom. The van der Waals surface area contributed by atoms with Crippen molar-refractivity contribution >= 4 is 33.9 Å². The van der Waals surface area contributed by atoms with E-state index in [1.807, 2.05) is 91.5 Å². The third-order valence-corrected chi connectivity index (χ3v) is 6.05. The average molecular weight is 488 g/mol. The molecule has 35 heavy (non-hydrogen) atoms. The molecular formula is C28H29N3O3S. The number of H-pyrrole nitrogens is 1. The number of nitrogens with one attached hydrogen (secondary N) is 2. The Labute approximate surface area is 210 Å². The number of aromatic nitrogens is 1. The van der Waals surface area contributed by atoms with Crippen molar-refractivity contribution in [1.82, 2.24) is 9.88 Å². The summed E-state index contributed by atoms with van der Waals surface area (Å²) in [6, 6.07) is 23.5. The molecule has 0 amide bonds. The summed E-state index contributed by atoms with van der Waals surface area (Å²) >= 11 is 5.79. The van der Waals surface area contributed by atoms with Crippen LogP contribution in [0.2, 0.25) is 0 Å². The zero-order valence-corrected chi connectivity index (χ0v) is 20.9. The smallest absolute Gasteiger partial charge is 0.253 e. The normalized spacial score (nSPS) is 10.7. The average Bonchev–Trinajstić information content (AvgIpc) is 2.86. The molecule has 0 atom stereocenters. The fraction of sp³-hybridized carbons (Fsp3) is 0.214. The molecule has 180 valence electrons. The lowest BCUT2D eigenvalue weighted by Gasteiger charge is -2.26. The van der Waals surface area contributed by atoms with Crippen LogP contribution in [-0.4, -0.2) is 28.7 Å². The molecule has 2 N–H and O–H groups in total. The van der Waals surface area contributed by atoms with Gasteiger partial charge in [0, 0.05) is 28.7 Å². The Kier molecular flexibility index (Phi) is 7.67. The standard InChI is InChI=1S/C28H29N3O3S/c1-4-34-25-13-14-26-21(16-25)15-22(27(32)30-26)18-31(17-20-7-11-24(33-3)12-8-20)28(35)29-23-9-5-19(2)6-10-23/h5-16H,4,17-18H2,1-3H3,(H,29,35)(H,30,32). The molecule has 0 saturated carbocycles. The van der Waals surface area contributed by atoms with E-state index in [4.69, 9.17) is 21.7 Å². The number of pyridine rings is 1. The summed E-state index contributed by atoms with van der Waals surface area (Å²) in [5, 5.41) is 4.76. The second-order valence-electron chi connectivity index (χ2n) is 8.31. The van der Waals surface area contributed by atoms with Gasteiger partial charge in [0.25, 0.3) is 5.56 Å². The van der Waals surface area contributed by atoms with Crippen LogP contribution in [0.5, 0.6) is 11.5 Å². The van der Waals surface area contributed by atoms with Gasteiger partial charge in [-0.15, -0.1) is 0 Å². The molecule has 0 unspecified atom stereocenters. The number of rotatable bonds is 8. The minimum absolute atomic E-state index is 0.139. The largest absolute Gasteiger partial charge is 0.497 e. The topological polar surface area (TPSA) is 66.6 Å². The molecule has 0 spiro atoms. The monoisotopic (exact) mass is 487 g/mol. The van der Waals surface area contributed by atoms with Gasteiger partial charge in [-0.1, -0.05) is 29.8 Å². The third kappa shape index (κ3) is 6.19. The predicted molar refractivity (Wildman–Crippen MR) is 145 cm³/mol. The summed E-state index contributed by atoms with van der Waals surface area (Å²) in [6.07, 6.45) is 0. The molecule has 0 radical (unpaired) electrons. The Hall–Kier alpha value is -3.84. The van der Waals surface area contributed by atoms with Crippen LogP contribution in [0.15, 0.2) is 77.6 Å². The first-order valence-electron chi connectivity index (χ1n) is 11.5. The molecule has 1 aromatic heterocycles. The lowest BCUT2D eigenvalue weighted by Crippen LogP contribution is -2.35. The summed E-state index contributed by atoms with van der Waals surface area (Å²) in [6.45, 7) is 5.44. The Morgan fingerprint density at radius 1 is 0.971 bits per heavy atom. The van der Waals surface area contributed by atoms with Crippen LogP contribution in [0.3, 0.4) is 0 Å². The van der Waals surface area contributed by atoms with E-state index < -0.39 is 0 Å². The van der Waals surface area contributed by atoms with Gasteiger partial charge in [-0.3, -0.25) is 4.79 Å². The second-order valence-corrected chi connectivity index (χ2v) is 8.69. The van der Waals surface area contributed by atoms with Crippen molar-refractivity contribution in [2.24, 2.45) is 0 Å². The molecule has 4 aromatic rings. The van der Waals surface area contributed by atoms with Crippen LogP contribution in [-0.2, 0) is 13.1 Å². The maximum Gasteiger partial charge on any atom is 0.253 e. The van der Waals surface area contributed by atoms with E-state index in [9.17, 15) is 4.79 Å². The van der Waals surface area contributed by atoms with Crippen LogP contribution in [0.1, 0.15) is 23.6 Å². The first-order chi connectivity index (χ1) is 16.9. The van der Waals surface area contributed by atoms with Crippen molar-refractivity contribution < 1.29 is 9.47 Å². The van der Waals surface area contributed by atoms with Gasteiger partial charge in [-0.25, -0.2) is 0 Å². The number of thiocarbonyl (C=S) groups is 1.